The minimum atomic E-state index is 1.02. The molecular formula is C21H24. The Kier molecular flexibility index (Phi) is 6.62. The Balaban J connectivity index is 1.83. The Labute approximate surface area is 129 Å². The van der Waals surface area contributed by atoms with Crippen molar-refractivity contribution in [3.63, 3.8) is 0 Å². The van der Waals surface area contributed by atoms with Crippen LogP contribution in [0.2, 0.25) is 0 Å². The van der Waals surface area contributed by atoms with Crippen molar-refractivity contribution < 1.29 is 0 Å². The van der Waals surface area contributed by atoms with E-state index < -0.39 is 0 Å². The van der Waals surface area contributed by atoms with Crippen LogP contribution in [0.4, 0.5) is 0 Å². The van der Waals surface area contributed by atoms with Gasteiger partial charge in [0.15, 0.2) is 0 Å². The van der Waals surface area contributed by atoms with Crippen LogP contribution in [0.5, 0.6) is 0 Å². The first-order chi connectivity index (χ1) is 10.4. The van der Waals surface area contributed by atoms with E-state index in [-0.39, 0.29) is 0 Å². The largest absolute Gasteiger partial charge is 0.0979 e. The van der Waals surface area contributed by atoms with Gasteiger partial charge >= 0.3 is 0 Å². The second kappa shape index (κ2) is 9.03. The van der Waals surface area contributed by atoms with E-state index in [1.54, 1.807) is 0 Å². The normalized spacial score (nSPS) is 9.95. The first-order valence-corrected chi connectivity index (χ1v) is 8.04. The molecule has 0 N–H and O–H groups in total. The summed E-state index contributed by atoms with van der Waals surface area (Å²) in [6.07, 6.45) is 7.58. The van der Waals surface area contributed by atoms with Crippen LogP contribution >= 0.6 is 0 Å². The third kappa shape index (κ3) is 5.48. The van der Waals surface area contributed by atoms with Gasteiger partial charge in [-0.05, 0) is 29.7 Å². The van der Waals surface area contributed by atoms with Crippen molar-refractivity contribution in [2.45, 2.75) is 45.4 Å². The molecule has 0 aliphatic carbocycles. The zero-order chi connectivity index (χ0) is 14.8. The smallest absolute Gasteiger partial charge is 0.0245 e. The fraction of sp³-hybridized carbons (Fsp3) is 0.333. The average molecular weight is 276 g/mol. The number of rotatable bonds is 6. The predicted molar refractivity (Wildman–Crippen MR) is 92.1 cm³/mol. The zero-order valence-corrected chi connectivity index (χ0v) is 12.9. The quantitative estimate of drug-likeness (QED) is 0.444. The molecule has 108 valence electrons. The standard InChI is InChI=1S/C21H24/c1-2-3-4-5-6-7-9-12-19-15-17-21(18-16-19)20-13-10-8-11-14-20/h8,10-11,13-18H,2-7H2,1H3. The van der Waals surface area contributed by atoms with Crippen LogP contribution in [0.15, 0.2) is 54.6 Å². The highest BCUT2D eigenvalue weighted by Crippen LogP contribution is 2.18. The SMILES string of the molecule is CCCCCCCC#Cc1ccc(-c2ccccc2)cc1. The molecule has 0 saturated heterocycles. The van der Waals surface area contributed by atoms with Crippen LogP contribution in [0.25, 0.3) is 11.1 Å². The van der Waals surface area contributed by atoms with Gasteiger partial charge in [-0.25, -0.2) is 0 Å². The predicted octanol–water partition coefficient (Wildman–Crippen LogP) is 6.07. The van der Waals surface area contributed by atoms with E-state index in [1.165, 1.54) is 43.2 Å². The van der Waals surface area contributed by atoms with Crippen molar-refractivity contribution in [1.82, 2.24) is 0 Å². The van der Waals surface area contributed by atoms with Crippen molar-refractivity contribution in [3.8, 4) is 23.0 Å². The fourth-order valence-corrected chi connectivity index (χ4v) is 2.36. The maximum Gasteiger partial charge on any atom is 0.0245 e. The lowest BCUT2D eigenvalue weighted by atomic mass is 10.0. The van der Waals surface area contributed by atoms with Crippen LogP contribution in [-0.4, -0.2) is 0 Å². The van der Waals surface area contributed by atoms with Crippen molar-refractivity contribution in [2.75, 3.05) is 0 Å². The molecule has 0 nitrogen and oxygen atoms in total. The van der Waals surface area contributed by atoms with Gasteiger partial charge in [-0.3, -0.25) is 0 Å². The molecule has 2 rings (SSSR count). The van der Waals surface area contributed by atoms with E-state index >= 15 is 0 Å². The summed E-state index contributed by atoms with van der Waals surface area (Å²) < 4.78 is 0. The van der Waals surface area contributed by atoms with Crippen molar-refractivity contribution >= 4 is 0 Å². The molecule has 0 saturated carbocycles. The Bertz CT molecular complexity index is 567. The molecule has 0 aromatic heterocycles. The lowest BCUT2D eigenvalue weighted by molar-refractivity contribution is 0.641. The molecule has 0 heterocycles. The molecule has 0 heteroatoms. The van der Waals surface area contributed by atoms with Crippen molar-refractivity contribution in [3.05, 3.63) is 60.2 Å². The Morgan fingerprint density at radius 2 is 1.38 bits per heavy atom. The lowest BCUT2D eigenvalue weighted by Crippen LogP contribution is -1.79. The van der Waals surface area contributed by atoms with Gasteiger partial charge in [0.05, 0.1) is 0 Å². The summed E-state index contributed by atoms with van der Waals surface area (Å²) in [6, 6.07) is 19.0. The van der Waals surface area contributed by atoms with Gasteiger partial charge in [-0.2, -0.15) is 0 Å². The van der Waals surface area contributed by atoms with Gasteiger partial charge in [-0.1, -0.05) is 86.9 Å². The maximum atomic E-state index is 3.29. The summed E-state index contributed by atoms with van der Waals surface area (Å²) in [5.74, 6) is 6.55. The summed E-state index contributed by atoms with van der Waals surface area (Å²) in [6.45, 7) is 2.25. The van der Waals surface area contributed by atoms with E-state index in [4.69, 9.17) is 0 Å². The van der Waals surface area contributed by atoms with E-state index in [9.17, 15) is 0 Å². The highest BCUT2D eigenvalue weighted by atomic mass is 14.0. The monoisotopic (exact) mass is 276 g/mol. The third-order valence-corrected chi connectivity index (χ3v) is 3.63. The Morgan fingerprint density at radius 3 is 2.10 bits per heavy atom. The van der Waals surface area contributed by atoms with E-state index in [0.29, 0.717) is 0 Å². The summed E-state index contributed by atoms with van der Waals surface area (Å²) in [5.41, 5.74) is 3.62. The molecular weight excluding hydrogens is 252 g/mol. The zero-order valence-electron chi connectivity index (χ0n) is 12.9. The van der Waals surface area contributed by atoms with Crippen LogP contribution in [0.1, 0.15) is 51.0 Å². The molecule has 0 spiro atoms. The first-order valence-electron chi connectivity index (χ1n) is 8.04. The summed E-state index contributed by atoms with van der Waals surface area (Å²) in [7, 11) is 0. The molecule has 2 aromatic carbocycles. The molecule has 0 atom stereocenters. The van der Waals surface area contributed by atoms with Gasteiger partial charge in [0, 0.05) is 12.0 Å². The number of hydrogen-bond donors (Lipinski definition) is 0. The van der Waals surface area contributed by atoms with E-state index in [2.05, 4.69) is 67.3 Å². The molecule has 0 fully saturated rings. The van der Waals surface area contributed by atoms with Crippen LogP contribution in [-0.2, 0) is 0 Å². The van der Waals surface area contributed by atoms with E-state index in [1.807, 2.05) is 6.07 Å². The van der Waals surface area contributed by atoms with Crippen molar-refractivity contribution in [1.29, 1.82) is 0 Å². The van der Waals surface area contributed by atoms with Gasteiger partial charge in [0.25, 0.3) is 0 Å². The topological polar surface area (TPSA) is 0 Å². The van der Waals surface area contributed by atoms with Crippen LogP contribution in [0, 0.1) is 11.8 Å². The van der Waals surface area contributed by atoms with Crippen LogP contribution < -0.4 is 0 Å². The number of unbranched alkanes of at least 4 members (excludes halogenated alkanes) is 5. The molecule has 0 bridgehead atoms. The van der Waals surface area contributed by atoms with Gasteiger partial charge in [-0.15, -0.1) is 0 Å². The maximum absolute atomic E-state index is 3.29. The molecule has 0 aliphatic heterocycles. The average Bonchev–Trinajstić information content (AvgIpc) is 2.55. The molecule has 2 aromatic rings. The van der Waals surface area contributed by atoms with Gasteiger partial charge in [0.1, 0.15) is 0 Å². The summed E-state index contributed by atoms with van der Waals surface area (Å²) in [5, 5.41) is 0. The van der Waals surface area contributed by atoms with Gasteiger partial charge < -0.3 is 0 Å². The number of hydrogen-bond acceptors (Lipinski definition) is 0. The Hall–Kier alpha value is -2.00. The minimum Gasteiger partial charge on any atom is -0.0979 e. The minimum absolute atomic E-state index is 1.02. The number of benzene rings is 2. The van der Waals surface area contributed by atoms with E-state index in [0.717, 1.165) is 12.0 Å². The first kappa shape index (κ1) is 15.4. The second-order valence-electron chi connectivity index (χ2n) is 5.41. The van der Waals surface area contributed by atoms with Crippen molar-refractivity contribution in [2.24, 2.45) is 0 Å². The van der Waals surface area contributed by atoms with Crippen LogP contribution in [0.3, 0.4) is 0 Å². The van der Waals surface area contributed by atoms with Gasteiger partial charge in [0.2, 0.25) is 0 Å². The Morgan fingerprint density at radius 1 is 0.714 bits per heavy atom. The lowest BCUT2D eigenvalue weighted by Gasteiger charge is -2.00. The molecule has 0 unspecified atom stereocenters. The molecule has 21 heavy (non-hydrogen) atoms. The summed E-state index contributed by atoms with van der Waals surface area (Å²) in [4.78, 5) is 0. The highest BCUT2D eigenvalue weighted by molar-refractivity contribution is 5.64. The fourth-order valence-electron chi connectivity index (χ4n) is 2.36. The molecule has 0 aliphatic rings. The summed E-state index contributed by atoms with van der Waals surface area (Å²) >= 11 is 0. The third-order valence-electron chi connectivity index (χ3n) is 3.63. The molecule has 0 amide bonds. The highest BCUT2D eigenvalue weighted by Gasteiger charge is 1.95. The molecule has 0 radical (unpaired) electrons. The second-order valence-corrected chi connectivity index (χ2v) is 5.41.